The van der Waals surface area contributed by atoms with Crippen LogP contribution < -0.4 is 5.32 Å². The molecule has 1 saturated carbocycles. The van der Waals surface area contributed by atoms with Crippen LogP contribution in [0, 0.1) is 0 Å². The molecule has 0 aromatic heterocycles. The fraction of sp³-hybridized carbons (Fsp3) is 0.600. The summed E-state index contributed by atoms with van der Waals surface area (Å²) in [5.74, 6) is 0. The van der Waals surface area contributed by atoms with Crippen molar-refractivity contribution in [1.82, 2.24) is 5.32 Å². The molecule has 0 amide bonds. The summed E-state index contributed by atoms with van der Waals surface area (Å²) in [6.07, 6.45) is -1.04. The number of hydrogen-bond donors (Lipinski definition) is 1. The summed E-state index contributed by atoms with van der Waals surface area (Å²) >= 11 is 0. The normalized spacial score (nSPS) is 24.9. The summed E-state index contributed by atoms with van der Waals surface area (Å²) < 4.78 is 43.5. The molecule has 1 aliphatic rings. The second-order valence-corrected chi connectivity index (χ2v) is 5.32. The molecule has 0 spiro atoms. The Morgan fingerprint density at radius 2 is 2.05 bits per heavy atom. The highest BCUT2D eigenvalue weighted by Gasteiger charge is 2.32. The molecule has 2 nitrogen and oxygen atoms in total. The van der Waals surface area contributed by atoms with E-state index in [0.717, 1.165) is 25.3 Å². The van der Waals surface area contributed by atoms with E-state index in [2.05, 4.69) is 5.32 Å². The van der Waals surface area contributed by atoms with Crippen LogP contribution in [0.25, 0.3) is 0 Å². The van der Waals surface area contributed by atoms with E-state index >= 15 is 0 Å². The summed E-state index contributed by atoms with van der Waals surface area (Å²) in [6.45, 7) is 1.89. The van der Waals surface area contributed by atoms with Crippen LogP contribution in [0.3, 0.4) is 0 Å². The average Bonchev–Trinajstić information content (AvgIpc) is 2.85. The molecule has 1 aromatic carbocycles. The van der Waals surface area contributed by atoms with E-state index in [1.54, 1.807) is 13.2 Å². The highest BCUT2D eigenvalue weighted by atomic mass is 19.4. The van der Waals surface area contributed by atoms with Gasteiger partial charge in [-0.2, -0.15) is 13.2 Å². The van der Waals surface area contributed by atoms with E-state index in [9.17, 15) is 13.2 Å². The molecule has 1 fully saturated rings. The molecule has 5 heteroatoms. The predicted molar refractivity (Wildman–Crippen MR) is 71.4 cm³/mol. The quantitative estimate of drug-likeness (QED) is 0.906. The fourth-order valence-electron chi connectivity index (χ4n) is 2.80. The number of methoxy groups -OCH3 is 1. The Morgan fingerprint density at radius 1 is 1.30 bits per heavy atom. The topological polar surface area (TPSA) is 21.3 Å². The first-order valence-corrected chi connectivity index (χ1v) is 6.88. The van der Waals surface area contributed by atoms with Gasteiger partial charge in [0.2, 0.25) is 0 Å². The molecule has 3 unspecified atom stereocenters. The molecule has 0 heterocycles. The number of hydrogen-bond acceptors (Lipinski definition) is 2. The molecule has 112 valence electrons. The van der Waals surface area contributed by atoms with E-state index in [4.69, 9.17) is 4.74 Å². The van der Waals surface area contributed by atoms with Crippen LogP contribution in [-0.4, -0.2) is 19.3 Å². The Hall–Kier alpha value is -1.07. The van der Waals surface area contributed by atoms with Gasteiger partial charge in [0.1, 0.15) is 0 Å². The van der Waals surface area contributed by atoms with E-state index in [1.807, 2.05) is 6.92 Å². The Labute approximate surface area is 117 Å². The van der Waals surface area contributed by atoms with Gasteiger partial charge in [-0.05, 0) is 43.9 Å². The van der Waals surface area contributed by atoms with Gasteiger partial charge in [0.15, 0.2) is 0 Å². The number of nitrogens with one attached hydrogen (secondary N) is 1. The Balaban J connectivity index is 2.07. The van der Waals surface area contributed by atoms with Crippen molar-refractivity contribution in [2.24, 2.45) is 0 Å². The number of halogens is 3. The van der Waals surface area contributed by atoms with Gasteiger partial charge in [0, 0.05) is 19.2 Å². The SMILES string of the molecule is COC1CCCC1NC(C)c1cccc(C(F)(F)F)c1. The lowest BCUT2D eigenvalue weighted by Crippen LogP contribution is -2.38. The maximum atomic E-state index is 12.7. The van der Waals surface area contributed by atoms with Crippen LogP contribution in [-0.2, 0) is 10.9 Å². The molecule has 0 bridgehead atoms. The minimum atomic E-state index is -4.29. The van der Waals surface area contributed by atoms with Crippen LogP contribution >= 0.6 is 0 Å². The molecule has 1 aliphatic carbocycles. The fourth-order valence-corrected chi connectivity index (χ4v) is 2.80. The van der Waals surface area contributed by atoms with Crippen molar-refractivity contribution in [1.29, 1.82) is 0 Å². The average molecular weight is 287 g/mol. The zero-order chi connectivity index (χ0) is 14.8. The monoisotopic (exact) mass is 287 g/mol. The Morgan fingerprint density at radius 3 is 2.70 bits per heavy atom. The van der Waals surface area contributed by atoms with Gasteiger partial charge >= 0.3 is 6.18 Å². The largest absolute Gasteiger partial charge is 0.416 e. The number of ether oxygens (including phenoxy) is 1. The number of alkyl halides is 3. The van der Waals surface area contributed by atoms with Crippen molar-refractivity contribution in [3.05, 3.63) is 35.4 Å². The molecular formula is C15H20F3NO. The third-order valence-electron chi connectivity index (χ3n) is 3.93. The highest BCUT2D eigenvalue weighted by molar-refractivity contribution is 5.27. The third kappa shape index (κ3) is 3.52. The Bertz CT molecular complexity index is 447. The van der Waals surface area contributed by atoms with Crippen molar-refractivity contribution in [3.63, 3.8) is 0 Å². The van der Waals surface area contributed by atoms with E-state index in [1.165, 1.54) is 12.1 Å². The van der Waals surface area contributed by atoms with Gasteiger partial charge < -0.3 is 10.1 Å². The first-order valence-electron chi connectivity index (χ1n) is 6.88. The zero-order valence-electron chi connectivity index (χ0n) is 11.7. The van der Waals surface area contributed by atoms with Crippen LogP contribution in [0.15, 0.2) is 24.3 Å². The van der Waals surface area contributed by atoms with Gasteiger partial charge in [-0.3, -0.25) is 0 Å². The smallest absolute Gasteiger partial charge is 0.380 e. The van der Waals surface area contributed by atoms with Crippen molar-refractivity contribution in [2.45, 2.75) is 50.6 Å². The summed E-state index contributed by atoms with van der Waals surface area (Å²) in [5, 5.41) is 3.38. The van der Waals surface area contributed by atoms with Gasteiger partial charge in [-0.15, -0.1) is 0 Å². The molecule has 0 saturated heterocycles. The first kappa shape index (κ1) is 15.3. The van der Waals surface area contributed by atoms with Crippen molar-refractivity contribution < 1.29 is 17.9 Å². The van der Waals surface area contributed by atoms with E-state index < -0.39 is 11.7 Å². The van der Waals surface area contributed by atoms with Gasteiger partial charge in [0.25, 0.3) is 0 Å². The molecule has 1 N–H and O–H groups in total. The minimum absolute atomic E-state index is 0.127. The lowest BCUT2D eigenvalue weighted by molar-refractivity contribution is -0.137. The Kier molecular flexibility index (Phi) is 4.70. The summed E-state index contributed by atoms with van der Waals surface area (Å²) in [4.78, 5) is 0. The van der Waals surface area contributed by atoms with Crippen molar-refractivity contribution in [3.8, 4) is 0 Å². The molecule has 0 aliphatic heterocycles. The maximum absolute atomic E-state index is 12.7. The van der Waals surface area contributed by atoms with Gasteiger partial charge in [0.05, 0.1) is 11.7 Å². The van der Waals surface area contributed by atoms with Crippen LogP contribution in [0.1, 0.15) is 43.4 Å². The number of rotatable bonds is 4. The minimum Gasteiger partial charge on any atom is -0.380 e. The zero-order valence-corrected chi connectivity index (χ0v) is 11.7. The van der Waals surface area contributed by atoms with Crippen molar-refractivity contribution in [2.75, 3.05) is 7.11 Å². The van der Waals surface area contributed by atoms with Crippen molar-refractivity contribution >= 4 is 0 Å². The molecule has 1 aromatic rings. The second kappa shape index (κ2) is 6.14. The molecule has 20 heavy (non-hydrogen) atoms. The highest BCUT2D eigenvalue weighted by Crippen LogP contribution is 2.31. The molecular weight excluding hydrogens is 267 g/mol. The maximum Gasteiger partial charge on any atom is 0.416 e. The predicted octanol–water partition coefficient (Wildman–Crippen LogP) is 3.92. The summed E-state index contributed by atoms with van der Waals surface area (Å²) in [5.41, 5.74) is 0.0555. The summed E-state index contributed by atoms with van der Waals surface area (Å²) in [6, 6.07) is 5.59. The standard InChI is InChI=1S/C15H20F3NO/c1-10(19-13-7-4-8-14(13)20-2)11-5-3-6-12(9-11)15(16,17)18/h3,5-6,9-10,13-14,19H,4,7-8H2,1-2H3. The third-order valence-corrected chi connectivity index (χ3v) is 3.93. The van der Waals surface area contributed by atoms with Crippen LogP contribution in [0.5, 0.6) is 0 Å². The van der Waals surface area contributed by atoms with E-state index in [-0.39, 0.29) is 18.2 Å². The number of benzene rings is 1. The van der Waals surface area contributed by atoms with Crippen LogP contribution in [0.4, 0.5) is 13.2 Å². The lowest BCUT2D eigenvalue weighted by Gasteiger charge is -2.24. The van der Waals surface area contributed by atoms with Crippen LogP contribution in [0.2, 0.25) is 0 Å². The summed E-state index contributed by atoms with van der Waals surface area (Å²) in [7, 11) is 1.68. The van der Waals surface area contributed by atoms with Gasteiger partial charge in [-0.1, -0.05) is 12.1 Å². The second-order valence-electron chi connectivity index (χ2n) is 5.32. The molecule has 2 rings (SSSR count). The molecule has 3 atom stereocenters. The molecule has 0 radical (unpaired) electrons. The van der Waals surface area contributed by atoms with Gasteiger partial charge in [-0.25, -0.2) is 0 Å². The van der Waals surface area contributed by atoms with E-state index in [0.29, 0.717) is 5.56 Å². The first-order chi connectivity index (χ1) is 9.41. The lowest BCUT2D eigenvalue weighted by atomic mass is 10.0.